The molecular formula is C8H6N3O2+. The van der Waals surface area contributed by atoms with Gasteiger partial charge in [-0.15, -0.1) is 0 Å². The Labute approximate surface area is 73.2 Å². The Hall–Kier alpha value is -2.22. The van der Waals surface area contributed by atoms with Crippen LogP contribution < -0.4 is 4.85 Å². The van der Waals surface area contributed by atoms with E-state index in [0.717, 1.165) is 0 Å². The Bertz CT molecular complexity index is 510. The molecule has 0 aliphatic carbocycles. The number of hydrogen-bond acceptors (Lipinski definition) is 3. The highest BCUT2D eigenvalue weighted by atomic mass is 16.6. The van der Waals surface area contributed by atoms with Gasteiger partial charge in [-0.05, 0) is 12.1 Å². The Morgan fingerprint density at radius 3 is 2.77 bits per heavy atom. The molecule has 5 nitrogen and oxygen atoms in total. The summed E-state index contributed by atoms with van der Waals surface area (Å²) < 4.78 is 0. The van der Waals surface area contributed by atoms with Crippen molar-refractivity contribution in [3.8, 4) is 6.07 Å². The number of para-hydroxylation sites is 1. The van der Waals surface area contributed by atoms with Crippen LogP contribution >= 0.6 is 0 Å². The monoisotopic (exact) mass is 176 g/mol. The summed E-state index contributed by atoms with van der Waals surface area (Å²) in [6.45, 7) is 0. The smallest absolute Gasteiger partial charge is 0.376 e. The molecule has 5 heteroatoms. The number of nitriles is 1. The van der Waals surface area contributed by atoms with Crippen LogP contribution in [0.1, 0.15) is 5.69 Å². The molecule has 0 spiro atoms. The zero-order valence-corrected chi connectivity index (χ0v) is 6.55. The van der Waals surface area contributed by atoms with Crippen LogP contribution in [0.2, 0.25) is 0 Å². The lowest BCUT2D eigenvalue weighted by molar-refractivity contribution is -0.979. The fraction of sp³-hybridized carbons (Fsp3) is 0. The Morgan fingerprint density at radius 2 is 2.08 bits per heavy atom. The van der Waals surface area contributed by atoms with Gasteiger partial charge in [-0.2, -0.15) is 5.26 Å². The third kappa shape index (κ3) is 0.825. The minimum absolute atomic E-state index is 0.0121. The minimum Gasteiger partial charge on any atom is -0.380 e. The fourth-order valence-corrected chi connectivity index (χ4v) is 1.26. The molecule has 0 amide bonds. The van der Waals surface area contributed by atoms with Crippen molar-refractivity contribution in [2.24, 2.45) is 0 Å². The van der Waals surface area contributed by atoms with Crippen molar-refractivity contribution in [3.63, 3.8) is 0 Å². The molecule has 0 saturated carbocycles. The van der Waals surface area contributed by atoms with E-state index in [1.54, 1.807) is 30.3 Å². The van der Waals surface area contributed by atoms with Crippen LogP contribution in [0.15, 0.2) is 24.3 Å². The van der Waals surface area contributed by atoms with Crippen molar-refractivity contribution in [2.75, 3.05) is 0 Å². The SMILES string of the molecule is N#Cc1c2ccccc2n(O)[n+]1O. The molecule has 2 aromatic rings. The predicted molar refractivity (Wildman–Crippen MR) is 41.2 cm³/mol. The van der Waals surface area contributed by atoms with Crippen LogP contribution in [-0.2, 0) is 0 Å². The van der Waals surface area contributed by atoms with Gasteiger partial charge in [0.2, 0.25) is 0 Å². The van der Waals surface area contributed by atoms with Gasteiger partial charge in [0.05, 0.1) is 10.2 Å². The summed E-state index contributed by atoms with van der Waals surface area (Å²) in [6, 6.07) is 8.47. The summed E-state index contributed by atoms with van der Waals surface area (Å²) in [5.74, 6) is 0. The van der Waals surface area contributed by atoms with Crippen LogP contribution in [0.4, 0.5) is 0 Å². The summed E-state index contributed by atoms with van der Waals surface area (Å²) in [5.41, 5.74) is 0.402. The number of rotatable bonds is 0. The van der Waals surface area contributed by atoms with Crippen molar-refractivity contribution in [3.05, 3.63) is 30.0 Å². The second kappa shape index (κ2) is 2.38. The van der Waals surface area contributed by atoms with Crippen molar-refractivity contribution in [1.29, 1.82) is 5.26 Å². The highest BCUT2D eigenvalue weighted by molar-refractivity contribution is 5.82. The maximum Gasteiger partial charge on any atom is 0.376 e. The summed E-state index contributed by atoms with van der Waals surface area (Å²) in [7, 11) is 0. The second-order valence-electron chi connectivity index (χ2n) is 2.56. The van der Waals surface area contributed by atoms with Gasteiger partial charge in [-0.25, -0.2) is 0 Å². The van der Waals surface area contributed by atoms with E-state index in [-0.39, 0.29) is 5.69 Å². The lowest BCUT2D eigenvalue weighted by Crippen LogP contribution is -2.41. The summed E-state index contributed by atoms with van der Waals surface area (Å²) >= 11 is 0. The summed E-state index contributed by atoms with van der Waals surface area (Å²) in [4.78, 5) is 0.929. The van der Waals surface area contributed by atoms with Gasteiger partial charge in [0, 0.05) is 0 Å². The molecule has 0 saturated heterocycles. The average molecular weight is 176 g/mol. The van der Waals surface area contributed by atoms with Crippen molar-refractivity contribution in [1.82, 2.24) is 4.85 Å². The van der Waals surface area contributed by atoms with Crippen molar-refractivity contribution in [2.45, 2.75) is 0 Å². The van der Waals surface area contributed by atoms with Crippen LogP contribution in [0.3, 0.4) is 0 Å². The third-order valence-corrected chi connectivity index (χ3v) is 1.86. The topological polar surface area (TPSA) is 73.1 Å². The Morgan fingerprint density at radius 1 is 1.38 bits per heavy atom. The number of aromatic nitrogens is 2. The van der Waals surface area contributed by atoms with E-state index in [0.29, 0.717) is 20.6 Å². The maximum atomic E-state index is 9.29. The predicted octanol–water partition coefficient (Wildman–Crippen LogP) is 0.275. The lowest BCUT2D eigenvalue weighted by Gasteiger charge is -1.84. The highest BCUT2D eigenvalue weighted by Gasteiger charge is 2.24. The van der Waals surface area contributed by atoms with Crippen LogP contribution in [0.5, 0.6) is 0 Å². The standard InChI is InChI=1S/C8H6N3O2/c9-5-8-6-3-1-2-4-7(6)10(12)11(8)13/h1-4,12-13H/q+1. The molecule has 0 aliphatic rings. The van der Waals surface area contributed by atoms with Gasteiger partial charge in [0.25, 0.3) is 0 Å². The third-order valence-electron chi connectivity index (χ3n) is 1.86. The second-order valence-corrected chi connectivity index (χ2v) is 2.56. The zero-order valence-electron chi connectivity index (χ0n) is 6.55. The van der Waals surface area contributed by atoms with Crippen LogP contribution in [-0.4, -0.2) is 15.3 Å². The molecule has 0 atom stereocenters. The van der Waals surface area contributed by atoms with E-state index in [4.69, 9.17) is 5.26 Å². The first-order valence-electron chi connectivity index (χ1n) is 3.60. The number of nitrogens with zero attached hydrogens (tertiary/aromatic N) is 3. The molecule has 0 radical (unpaired) electrons. The first-order valence-corrected chi connectivity index (χ1v) is 3.60. The Kier molecular flexibility index (Phi) is 1.36. The minimum atomic E-state index is 0.0121. The number of benzene rings is 1. The van der Waals surface area contributed by atoms with Crippen LogP contribution in [0.25, 0.3) is 10.9 Å². The maximum absolute atomic E-state index is 9.29. The fourth-order valence-electron chi connectivity index (χ4n) is 1.26. The summed E-state index contributed by atoms with van der Waals surface area (Å²) in [6.07, 6.45) is 0. The molecule has 1 aromatic carbocycles. The molecule has 13 heavy (non-hydrogen) atoms. The molecule has 1 heterocycles. The van der Waals surface area contributed by atoms with Crippen LogP contribution in [0, 0.1) is 11.3 Å². The normalized spacial score (nSPS) is 10.1. The van der Waals surface area contributed by atoms with E-state index in [2.05, 4.69) is 0 Å². The average Bonchev–Trinajstić information content (AvgIpc) is 2.41. The van der Waals surface area contributed by atoms with Gasteiger partial charge in [-0.3, -0.25) is 5.21 Å². The molecular weight excluding hydrogens is 170 g/mol. The quantitative estimate of drug-likeness (QED) is 0.447. The molecule has 0 fully saturated rings. The lowest BCUT2D eigenvalue weighted by atomic mass is 10.2. The van der Waals surface area contributed by atoms with E-state index >= 15 is 0 Å². The Balaban J connectivity index is 3.00. The molecule has 1 aromatic heterocycles. The van der Waals surface area contributed by atoms with Gasteiger partial charge in [0.1, 0.15) is 0 Å². The van der Waals surface area contributed by atoms with E-state index in [9.17, 15) is 10.4 Å². The van der Waals surface area contributed by atoms with E-state index in [1.807, 2.05) is 0 Å². The summed E-state index contributed by atoms with van der Waals surface area (Å²) in [5, 5.41) is 27.7. The highest BCUT2D eigenvalue weighted by Crippen LogP contribution is 2.14. The first kappa shape index (κ1) is 7.43. The largest absolute Gasteiger partial charge is 0.380 e. The van der Waals surface area contributed by atoms with E-state index in [1.165, 1.54) is 0 Å². The molecule has 2 rings (SSSR count). The zero-order chi connectivity index (χ0) is 9.42. The molecule has 0 unspecified atom stereocenters. The van der Waals surface area contributed by atoms with Crippen molar-refractivity contribution < 1.29 is 15.3 Å². The van der Waals surface area contributed by atoms with Gasteiger partial charge >= 0.3 is 5.69 Å². The number of hydrogen-bond donors (Lipinski definition) is 2. The van der Waals surface area contributed by atoms with E-state index < -0.39 is 0 Å². The molecule has 0 bridgehead atoms. The number of fused-ring (bicyclic) bond motifs is 1. The molecule has 0 aliphatic heterocycles. The van der Waals surface area contributed by atoms with Gasteiger partial charge in [-0.1, -0.05) is 12.1 Å². The van der Waals surface area contributed by atoms with Gasteiger partial charge < -0.3 is 5.21 Å². The van der Waals surface area contributed by atoms with Gasteiger partial charge in [0.15, 0.2) is 16.4 Å². The molecule has 64 valence electrons. The van der Waals surface area contributed by atoms with Crippen molar-refractivity contribution >= 4 is 10.9 Å². The first-order chi connectivity index (χ1) is 6.25. The molecule has 2 N–H and O–H groups in total.